The van der Waals surface area contributed by atoms with Gasteiger partial charge in [0.1, 0.15) is 6.54 Å². The Labute approximate surface area is 263 Å². The zero-order chi connectivity index (χ0) is 29.5. The Morgan fingerprint density at radius 2 is 1.21 bits per heavy atom. The van der Waals surface area contributed by atoms with Crippen LogP contribution in [0.2, 0.25) is 0 Å². The van der Waals surface area contributed by atoms with Crippen LogP contribution in [0.15, 0.2) is 48.7 Å². The van der Waals surface area contributed by atoms with Gasteiger partial charge in [-0.15, -0.1) is 0 Å². The summed E-state index contributed by atoms with van der Waals surface area (Å²) in [6.45, 7) is 5.90. The van der Waals surface area contributed by atoms with Crippen molar-refractivity contribution in [2.45, 2.75) is 142 Å². The molecule has 0 bridgehead atoms. The van der Waals surface area contributed by atoms with E-state index in [9.17, 15) is 0 Å². The van der Waals surface area contributed by atoms with E-state index >= 15 is 0 Å². The van der Waals surface area contributed by atoms with E-state index in [1.807, 2.05) is 0 Å². The molecule has 2 aliphatic rings. The second-order valence-electron chi connectivity index (χ2n) is 13.5. The first-order chi connectivity index (χ1) is 21.3. The van der Waals surface area contributed by atoms with Gasteiger partial charge < -0.3 is 4.90 Å². The molecular weight excluding hydrogens is 520 g/mol. The summed E-state index contributed by atoms with van der Waals surface area (Å²) in [7, 11) is 0. The van der Waals surface area contributed by atoms with Crippen LogP contribution in [-0.4, -0.2) is 13.1 Å². The molecule has 0 aliphatic carbocycles. The molecule has 0 amide bonds. The molecule has 0 spiro atoms. The van der Waals surface area contributed by atoms with Crippen LogP contribution in [0.3, 0.4) is 0 Å². The number of hydrogen-bond acceptors (Lipinski definition) is 1. The van der Waals surface area contributed by atoms with Crippen molar-refractivity contribution in [2.24, 2.45) is 0 Å². The van der Waals surface area contributed by atoms with Crippen LogP contribution >= 0.6 is 0 Å². The van der Waals surface area contributed by atoms with Crippen LogP contribution in [-0.2, 0) is 19.4 Å². The van der Waals surface area contributed by atoms with Crippen LogP contribution in [0.4, 0.5) is 5.69 Å². The predicted octanol–water partition coefficient (Wildman–Crippen LogP) is 11.3. The maximum atomic E-state index is 2.63. The molecule has 0 atom stereocenters. The van der Waals surface area contributed by atoms with Crippen molar-refractivity contribution in [1.82, 2.24) is 0 Å². The fourth-order valence-electron chi connectivity index (χ4n) is 7.59. The van der Waals surface area contributed by atoms with Crippen molar-refractivity contribution < 1.29 is 4.57 Å². The number of pyridine rings is 1. The van der Waals surface area contributed by atoms with Gasteiger partial charge in [-0.3, -0.25) is 0 Å². The lowest BCUT2D eigenvalue weighted by molar-refractivity contribution is -0.671. The summed E-state index contributed by atoms with van der Waals surface area (Å²) in [5, 5.41) is 1.36. The predicted molar refractivity (Wildman–Crippen MR) is 188 cm³/mol. The highest BCUT2D eigenvalue weighted by molar-refractivity contribution is 5.89. The van der Waals surface area contributed by atoms with Crippen LogP contribution in [0.25, 0.3) is 23.1 Å². The van der Waals surface area contributed by atoms with E-state index in [0.717, 1.165) is 6.54 Å². The Bertz CT molecular complexity index is 1260. The highest BCUT2D eigenvalue weighted by Gasteiger charge is 2.23. The molecule has 3 heterocycles. The number of aryl methyl sites for hydroxylation is 3. The summed E-state index contributed by atoms with van der Waals surface area (Å²) >= 11 is 0. The molecule has 43 heavy (non-hydrogen) atoms. The molecule has 1 aromatic heterocycles. The largest absolute Gasteiger partial charge is 0.371 e. The minimum absolute atomic E-state index is 1.12. The third-order valence-corrected chi connectivity index (χ3v) is 10.0. The van der Waals surface area contributed by atoms with E-state index in [2.05, 4.69) is 77.2 Å². The number of para-hydroxylation sites is 1. The smallest absolute Gasteiger partial charge is 0.213 e. The van der Waals surface area contributed by atoms with Gasteiger partial charge in [0.05, 0.1) is 5.39 Å². The number of unbranched alkanes of at least 4 members (excludes halogenated alkanes) is 15. The molecule has 2 aromatic carbocycles. The summed E-state index contributed by atoms with van der Waals surface area (Å²) in [6.07, 6.45) is 34.8. The van der Waals surface area contributed by atoms with Gasteiger partial charge in [0, 0.05) is 37.3 Å². The van der Waals surface area contributed by atoms with Crippen LogP contribution < -0.4 is 9.47 Å². The molecule has 3 aromatic rings. The normalized spacial score (nSPS) is 14.6. The Balaban J connectivity index is 1.03. The first-order valence-corrected chi connectivity index (χ1v) is 18.3. The maximum absolute atomic E-state index is 2.63. The summed E-state index contributed by atoms with van der Waals surface area (Å²) in [5.74, 6) is 0. The number of nitrogens with zero attached hydrogens (tertiary/aromatic N) is 2. The Morgan fingerprint density at radius 1 is 0.651 bits per heavy atom. The lowest BCUT2D eigenvalue weighted by atomic mass is 9.90. The topological polar surface area (TPSA) is 7.12 Å². The van der Waals surface area contributed by atoms with Crippen molar-refractivity contribution >= 4 is 28.7 Å². The SMILES string of the molecule is CCCCCCCCCCCCCCCCCC[n+]1ccc(/C=C/c2cc3c4c(c2)CCCN4CCC3)c2ccccc21. The summed E-state index contributed by atoms with van der Waals surface area (Å²) in [4.78, 5) is 2.63. The van der Waals surface area contributed by atoms with Crippen LogP contribution in [0.1, 0.15) is 145 Å². The van der Waals surface area contributed by atoms with Crippen molar-refractivity contribution in [2.75, 3.05) is 18.0 Å². The van der Waals surface area contributed by atoms with Gasteiger partial charge in [-0.25, -0.2) is 0 Å². The van der Waals surface area contributed by atoms with Crippen molar-refractivity contribution in [3.63, 3.8) is 0 Å². The number of hydrogen-bond donors (Lipinski definition) is 0. The first-order valence-electron chi connectivity index (χ1n) is 18.3. The average molecular weight is 580 g/mol. The molecule has 0 radical (unpaired) electrons. The zero-order valence-corrected chi connectivity index (χ0v) is 27.4. The van der Waals surface area contributed by atoms with Gasteiger partial charge in [-0.2, -0.15) is 4.57 Å². The second-order valence-corrected chi connectivity index (χ2v) is 13.5. The zero-order valence-electron chi connectivity index (χ0n) is 27.4. The Morgan fingerprint density at radius 3 is 1.81 bits per heavy atom. The first kappa shape index (κ1) is 31.8. The minimum Gasteiger partial charge on any atom is -0.371 e. The fourth-order valence-corrected chi connectivity index (χ4v) is 7.59. The second kappa shape index (κ2) is 17.6. The van der Waals surface area contributed by atoms with Gasteiger partial charge in [0.2, 0.25) is 5.52 Å². The van der Waals surface area contributed by atoms with Gasteiger partial charge in [0.25, 0.3) is 0 Å². The molecule has 0 saturated heterocycles. The fraction of sp³-hybridized carbons (Fsp3) is 0.585. The highest BCUT2D eigenvalue weighted by Crippen LogP contribution is 2.36. The van der Waals surface area contributed by atoms with E-state index < -0.39 is 0 Å². The number of anilines is 1. The van der Waals surface area contributed by atoms with Crippen molar-refractivity contribution in [1.29, 1.82) is 0 Å². The number of benzene rings is 2. The highest BCUT2D eigenvalue weighted by atomic mass is 15.1. The van der Waals surface area contributed by atoms with Gasteiger partial charge in [0.15, 0.2) is 6.20 Å². The summed E-state index contributed by atoms with van der Waals surface area (Å²) in [5.41, 5.74) is 8.75. The van der Waals surface area contributed by atoms with E-state index in [-0.39, 0.29) is 0 Å². The molecule has 0 N–H and O–H groups in total. The molecule has 5 rings (SSSR count). The summed E-state index contributed by atoms with van der Waals surface area (Å²) < 4.78 is 2.48. The monoisotopic (exact) mass is 579 g/mol. The molecular formula is C41H59N2+. The number of rotatable bonds is 19. The lowest BCUT2D eigenvalue weighted by Crippen LogP contribution is -2.34. The molecule has 0 fully saturated rings. The lowest BCUT2D eigenvalue weighted by Gasteiger charge is -2.37. The third-order valence-electron chi connectivity index (χ3n) is 10.0. The Hall–Kier alpha value is -2.61. The minimum atomic E-state index is 1.12. The van der Waals surface area contributed by atoms with Gasteiger partial charge in [-0.1, -0.05) is 121 Å². The molecule has 2 nitrogen and oxygen atoms in total. The quantitative estimate of drug-likeness (QED) is 0.101. The van der Waals surface area contributed by atoms with Crippen molar-refractivity contribution in [3.8, 4) is 0 Å². The molecule has 0 saturated carbocycles. The van der Waals surface area contributed by atoms with Crippen LogP contribution in [0, 0.1) is 0 Å². The van der Waals surface area contributed by atoms with Gasteiger partial charge in [-0.05, 0) is 72.6 Å². The maximum Gasteiger partial charge on any atom is 0.213 e. The number of aromatic nitrogens is 1. The van der Waals surface area contributed by atoms with E-state index in [0.29, 0.717) is 0 Å². The molecule has 2 heteroatoms. The average Bonchev–Trinajstić information content (AvgIpc) is 3.04. The standard InChI is InChI=1S/C41H59N2/c1-2-3-4-5-6-7-8-9-10-11-12-13-14-15-16-19-29-42-32-28-36(39-24-17-18-25-40(39)42)27-26-35-33-37-22-20-30-43-31-21-23-38(34-35)41(37)43/h17-18,24-28,32-34H,2-16,19-23,29-31H2,1H3/q+1. The van der Waals surface area contributed by atoms with Crippen molar-refractivity contribution in [3.05, 3.63) is 70.9 Å². The Kier molecular flexibility index (Phi) is 13.0. The van der Waals surface area contributed by atoms with E-state index in [4.69, 9.17) is 0 Å². The molecule has 232 valence electrons. The van der Waals surface area contributed by atoms with E-state index in [1.165, 1.54) is 164 Å². The molecule has 2 aliphatic heterocycles. The van der Waals surface area contributed by atoms with E-state index in [1.54, 1.807) is 16.8 Å². The summed E-state index contributed by atoms with van der Waals surface area (Å²) in [6, 6.07) is 16.2. The molecule has 0 unspecified atom stereocenters. The number of fused-ring (bicyclic) bond motifs is 1. The van der Waals surface area contributed by atoms with Crippen LogP contribution in [0.5, 0.6) is 0 Å². The van der Waals surface area contributed by atoms with Gasteiger partial charge >= 0.3 is 0 Å². The third kappa shape index (κ3) is 9.44.